The first-order valence-electron chi connectivity index (χ1n) is 21.2. The fourth-order valence-corrected chi connectivity index (χ4v) is 6.99. The Morgan fingerprint density at radius 2 is 1.02 bits per heavy atom. The number of hydrogen-bond acceptors (Lipinski definition) is 5. The molecule has 5 heteroatoms. The van der Waals surface area contributed by atoms with Gasteiger partial charge in [-0.2, -0.15) is 0 Å². The molecule has 0 amide bonds. The zero-order valence-electron chi connectivity index (χ0n) is 36.9. The Morgan fingerprint density at radius 1 is 0.420 bits per heavy atom. The molecule has 0 aliphatic heterocycles. The lowest BCUT2D eigenvalue weighted by molar-refractivity contribution is 0.669. The number of hydrogen-bond donors (Lipinski definition) is 0. The molecule has 234 valence electrons. The summed E-state index contributed by atoms with van der Waals surface area (Å²) in [7, 11) is 0. The number of furan rings is 1. The van der Waals surface area contributed by atoms with E-state index in [2.05, 4.69) is 0 Å². The maximum absolute atomic E-state index is 9.29. The van der Waals surface area contributed by atoms with E-state index in [9.17, 15) is 6.85 Å². The summed E-state index contributed by atoms with van der Waals surface area (Å²) in [5, 5.41) is 1.82. The van der Waals surface area contributed by atoms with Crippen molar-refractivity contribution < 1.29 is 19.5 Å². The second-order valence-electron chi connectivity index (χ2n) is 11.6. The second kappa shape index (κ2) is 11.6. The zero-order chi connectivity index (χ0) is 42.6. The summed E-state index contributed by atoms with van der Waals surface area (Å²) in [6.07, 6.45) is 0. The molecule has 0 aliphatic carbocycles. The molecule has 4 nitrogen and oxygen atoms in total. The highest BCUT2D eigenvalue weighted by Crippen LogP contribution is 2.37. The maximum atomic E-state index is 9.29. The predicted octanol–water partition coefficient (Wildman–Crippen LogP) is 12.5. The average Bonchev–Trinajstić information content (AvgIpc) is 3.87. The maximum Gasteiger partial charge on any atom is 0.164 e. The number of rotatable bonds is 5. The highest BCUT2D eigenvalue weighted by atomic mass is 32.1. The van der Waals surface area contributed by atoms with Gasteiger partial charge >= 0.3 is 0 Å². The van der Waals surface area contributed by atoms with Crippen molar-refractivity contribution in [2.75, 3.05) is 0 Å². The summed E-state index contributed by atoms with van der Waals surface area (Å²) in [4.78, 5) is 14.3. The Bertz CT molecular complexity index is 3470. The van der Waals surface area contributed by atoms with Crippen LogP contribution in [-0.4, -0.2) is 15.0 Å². The van der Waals surface area contributed by atoms with E-state index in [1.54, 1.807) is 6.07 Å². The summed E-state index contributed by atoms with van der Waals surface area (Å²) in [6.45, 7) is 0. The molecule has 0 fully saturated rings. The van der Waals surface area contributed by atoms with Gasteiger partial charge < -0.3 is 4.42 Å². The first kappa shape index (κ1) is 19.5. The molecule has 3 heterocycles. The summed E-state index contributed by atoms with van der Waals surface area (Å²) in [6, 6.07) is 25.1. The van der Waals surface area contributed by atoms with Gasteiger partial charge in [0.15, 0.2) is 17.5 Å². The van der Waals surface area contributed by atoms with E-state index in [1.165, 1.54) is 0 Å². The van der Waals surface area contributed by atoms with Gasteiger partial charge in [-0.1, -0.05) is 133 Å². The molecule has 0 atom stereocenters. The van der Waals surface area contributed by atoms with Crippen molar-refractivity contribution in [3.05, 3.63) is 164 Å². The predicted molar refractivity (Wildman–Crippen MR) is 207 cm³/mol. The van der Waals surface area contributed by atoms with Crippen molar-refractivity contribution in [2.45, 2.75) is 0 Å². The molecule has 0 radical (unpaired) electrons. The highest BCUT2D eigenvalue weighted by Gasteiger charge is 2.15. The number of fused-ring (bicyclic) bond motifs is 6. The Hall–Kier alpha value is -6.43. The molecule has 0 bridgehead atoms. The highest BCUT2D eigenvalue weighted by molar-refractivity contribution is 7.25. The van der Waals surface area contributed by atoms with Crippen molar-refractivity contribution >= 4 is 53.4 Å². The third kappa shape index (κ3) is 4.95. The van der Waals surface area contributed by atoms with Gasteiger partial charge in [0, 0.05) is 47.6 Å². The van der Waals surface area contributed by atoms with Crippen LogP contribution in [0.15, 0.2) is 168 Å². The van der Waals surface area contributed by atoms with Crippen LogP contribution in [0, 0.1) is 0 Å². The molecule has 10 aromatic rings. The monoisotopic (exact) mass is 668 g/mol. The van der Waals surface area contributed by atoms with E-state index in [0.29, 0.717) is 22.3 Å². The molecule has 50 heavy (non-hydrogen) atoms. The molecule has 0 spiro atoms. The van der Waals surface area contributed by atoms with Gasteiger partial charge in [-0.15, -0.1) is 11.3 Å². The standard InChI is InChI=1S/C45H27N3OS/c1-2-8-28(9-3-1)29-14-18-31(19-15-29)43-46-44(48-45(47-43)34-23-24-36-35-10-4-6-12-39(35)49-40(36)26-34)32-20-16-30(17-21-32)33-22-25-38-37-11-5-7-13-41(37)50-42(38)27-33/h1-27H/i5D,7D,11D,13D,16D,17D,20D,21D,22D,25D,27D. The summed E-state index contributed by atoms with van der Waals surface area (Å²) < 4.78 is 104. The van der Waals surface area contributed by atoms with Gasteiger partial charge in [0.2, 0.25) is 0 Å². The van der Waals surface area contributed by atoms with Crippen LogP contribution in [0.1, 0.15) is 15.1 Å². The van der Waals surface area contributed by atoms with Crippen LogP contribution >= 0.6 is 11.3 Å². The minimum atomic E-state index is -0.596. The van der Waals surface area contributed by atoms with Crippen LogP contribution in [0.4, 0.5) is 0 Å². The lowest BCUT2D eigenvalue weighted by atomic mass is 10.0. The summed E-state index contributed by atoms with van der Waals surface area (Å²) in [5.74, 6) is 0.234. The number of benzene rings is 7. The Balaban J connectivity index is 1.18. The molecule has 0 unspecified atom stereocenters. The quantitative estimate of drug-likeness (QED) is 0.183. The van der Waals surface area contributed by atoms with Gasteiger partial charge in [0.05, 0.1) is 15.1 Å². The van der Waals surface area contributed by atoms with Gasteiger partial charge in [-0.3, -0.25) is 0 Å². The zero-order valence-corrected chi connectivity index (χ0v) is 26.7. The largest absolute Gasteiger partial charge is 0.456 e. The Labute approximate surface area is 307 Å². The van der Waals surface area contributed by atoms with E-state index in [1.807, 2.05) is 91.0 Å². The van der Waals surface area contributed by atoms with Crippen LogP contribution in [0.3, 0.4) is 0 Å². The first-order valence-corrected chi connectivity index (χ1v) is 16.5. The smallest absolute Gasteiger partial charge is 0.164 e. The van der Waals surface area contributed by atoms with Crippen molar-refractivity contribution in [1.82, 2.24) is 15.0 Å². The van der Waals surface area contributed by atoms with Crippen LogP contribution in [0.25, 0.3) is 98.5 Å². The molecule has 0 saturated carbocycles. The molecule has 0 saturated heterocycles. The van der Waals surface area contributed by atoms with Gasteiger partial charge in [0.1, 0.15) is 11.2 Å². The van der Waals surface area contributed by atoms with Crippen molar-refractivity contribution in [2.24, 2.45) is 0 Å². The summed E-state index contributed by atoms with van der Waals surface area (Å²) in [5.41, 5.74) is 3.43. The molecular formula is C45H27N3OS. The Morgan fingerprint density at radius 3 is 1.86 bits per heavy atom. The van der Waals surface area contributed by atoms with Crippen LogP contribution in [-0.2, 0) is 0 Å². The molecule has 7 aromatic carbocycles. The minimum Gasteiger partial charge on any atom is -0.456 e. The van der Waals surface area contributed by atoms with Crippen LogP contribution in [0.2, 0.25) is 0 Å². The number of thiophene rings is 1. The summed E-state index contributed by atoms with van der Waals surface area (Å²) >= 11 is 0.852. The number of aromatic nitrogens is 3. The van der Waals surface area contributed by atoms with Crippen molar-refractivity contribution in [3.8, 4) is 56.4 Å². The molecular weight excluding hydrogens is 631 g/mol. The normalized spacial score (nSPS) is 14.7. The van der Waals surface area contributed by atoms with Gasteiger partial charge in [-0.05, 0) is 52.5 Å². The lowest BCUT2D eigenvalue weighted by Crippen LogP contribution is -2.00. The van der Waals surface area contributed by atoms with Crippen molar-refractivity contribution in [1.29, 1.82) is 0 Å². The van der Waals surface area contributed by atoms with Gasteiger partial charge in [0.25, 0.3) is 0 Å². The van der Waals surface area contributed by atoms with E-state index in [0.717, 1.165) is 33.2 Å². The molecule has 3 aromatic heterocycles. The number of para-hydroxylation sites is 1. The molecule has 0 aliphatic rings. The molecule has 0 N–H and O–H groups in total. The first-order chi connectivity index (χ1) is 29.3. The van der Waals surface area contributed by atoms with E-state index in [4.69, 9.17) is 27.6 Å². The fraction of sp³-hybridized carbons (Fsp3) is 0. The minimum absolute atomic E-state index is 0.00933. The average molecular weight is 669 g/mol. The van der Waals surface area contributed by atoms with Gasteiger partial charge in [-0.25, -0.2) is 15.0 Å². The SMILES string of the molecule is [2H]c1c([2H])c(-c2c([2H])c([2H])c3c(sc4c([2H])c([2H])c([2H])c([2H])c43)c2[2H])c([2H])c([2H])c1-c1nc(-c2ccc(-c3ccccc3)cc2)nc(-c2ccc3c(c2)oc2ccccc23)n1. The van der Waals surface area contributed by atoms with E-state index < -0.39 is 60.4 Å². The molecule has 10 rings (SSSR count). The topological polar surface area (TPSA) is 51.8 Å². The third-order valence-corrected chi connectivity index (χ3v) is 9.53. The third-order valence-electron chi connectivity index (χ3n) is 8.51. The number of nitrogens with zero attached hydrogens (tertiary/aromatic N) is 3. The lowest BCUT2D eigenvalue weighted by Gasteiger charge is -2.10. The second-order valence-corrected chi connectivity index (χ2v) is 12.6. The fourth-order valence-electron chi connectivity index (χ4n) is 6.02. The Kier molecular flexibility index (Phi) is 4.54. The van der Waals surface area contributed by atoms with E-state index in [-0.39, 0.29) is 60.4 Å². The van der Waals surface area contributed by atoms with Crippen LogP contribution in [0.5, 0.6) is 0 Å². The van der Waals surface area contributed by atoms with E-state index >= 15 is 0 Å². The van der Waals surface area contributed by atoms with Crippen LogP contribution < -0.4 is 0 Å². The van der Waals surface area contributed by atoms with Crippen molar-refractivity contribution in [3.63, 3.8) is 0 Å².